The van der Waals surface area contributed by atoms with Gasteiger partial charge in [0.25, 0.3) is 5.91 Å². The number of ether oxygens (including phenoxy) is 1. The maximum atomic E-state index is 12.3. The quantitative estimate of drug-likeness (QED) is 0.761. The molecule has 0 aliphatic carbocycles. The molecule has 0 saturated carbocycles. The van der Waals surface area contributed by atoms with E-state index in [0.717, 1.165) is 12.0 Å². The molecule has 1 aromatic heterocycles. The van der Waals surface area contributed by atoms with Crippen LogP contribution in [0.15, 0.2) is 24.3 Å². The lowest BCUT2D eigenvalue weighted by Gasteiger charge is -2.24. The van der Waals surface area contributed by atoms with Crippen molar-refractivity contribution >= 4 is 34.8 Å². The lowest BCUT2D eigenvalue weighted by molar-refractivity contribution is -0.125. The Kier molecular flexibility index (Phi) is 6.19. The monoisotopic (exact) mass is 380 g/mol. The number of halogens is 1. The molecule has 0 atom stereocenters. The number of hydrogen-bond acceptors (Lipinski definition) is 5. The van der Waals surface area contributed by atoms with E-state index >= 15 is 0 Å². The molecule has 7 heteroatoms. The zero-order valence-corrected chi connectivity index (χ0v) is 16.3. The van der Waals surface area contributed by atoms with Crippen LogP contribution in [0.25, 0.3) is 10.6 Å². The van der Waals surface area contributed by atoms with Gasteiger partial charge in [-0.1, -0.05) is 30.7 Å². The zero-order chi connectivity index (χ0) is 18.6. The molecule has 1 heterocycles. The number of rotatable bonds is 6. The number of amides is 1. The Bertz CT molecular complexity index is 786. The maximum absolute atomic E-state index is 12.3. The highest BCUT2D eigenvalue weighted by molar-refractivity contribution is 7.17. The van der Waals surface area contributed by atoms with Crippen LogP contribution in [-0.2, 0) is 9.53 Å². The molecule has 0 saturated heterocycles. The first-order chi connectivity index (χ1) is 11.7. The van der Waals surface area contributed by atoms with Crippen molar-refractivity contribution in [3.63, 3.8) is 0 Å². The Balaban J connectivity index is 2.04. The molecular weight excluding hydrogens is 360 g/mol. The third-order valence-corrected chi connectivity index (χ3v) is 5.17. The molecule has 0 aliphatic heterocycles. The molecule has 25 heavy (non-hydrogen) atoms. The molecule has 1 aromatic carbocycles. The number of aromatic nitrogens is 1. The molecule has 1 amide bonds. The summed E-state index contributed by atoms with van der Waals surface area (Å²) in [7, 11) is 0. The van der Waals surface area contributed by atoms with Gasteiger partial charge in [0, 0.05) is 16.1 Å². The Morgan fingerprint density at radius 3 is 2.72 bits per heavy atom. The third-order valence-electron chi connectivity index (χ3n) is 3.75. The summed E-state index contributed by atoms with van der Waals surface area (Å²) in [6.45, 7) is 7.23. The summed E-state index contributed by atoms with van der Waals surface area (Å²) in [6, 6.07) is 7.26. The molecule has 0 aliphatic rings. The molecule has 0 bridgehead atoms. The lowest BCUT2D eigenvalue weighted by Crippen LogP contribution is -2.44. The summed E-state index contributed by atoms with van der Waals surface area (Å²) in [5.74, 6) is -0.870. The second-order valence-corrected chi connectivity index (χ2v) is 7.74. The standard InChI is InChI=1S/C18H21ClN2O3S/c1-5-18(3,4)21-14(22)10-24-17(23)15-11(2)20-16(25-15)12-7-6-8-13(19)9-12/h6-9H,5,10H2,1-4H3,(H,21,22). The van der Waals surface area contributed by atoms with E-state index < -0.39 is 5.97 Å². The highest BCUT2D eigenvalue weighted by atomic mass is 35.5. The second kappa shape index (κ2) is 7.97. The van der Waals surface area contributed by atoms with Gasteiger partial charge in [0.05, 0.1) is 5.69 Å². The van der Waals surface area contributed by atoms with Gasteiger partial charge in [0.15, 0.2) is 6.61 Å². The van der Waals surface area contributed by atoms with Gasteiger partial charge in [-0.3, -0.25) is 4.79 Å². The van der Waals surface area contributed by atoms with E-state index in [1.54, 1.807) is 19.1 Å². The molecule has 0 radical (unpaired) electrons. The molecule has 2 rings (SSSR count). The first kappa shape index (κ1) is 19.4. The van der Waals surface area contributed by atoms with Gasteiger partial charge in [0.2, 0.25) is 0 Å². The van der Waals surface area contributed by atoms with Crippen molar-refractivity contribution in [3.8, 4) is 10.6 Å². The van der Waals surface area contributed by atoms with Crippen LogP contribution < -0.4 is 5.32 Å². The highest BCUT2D eigenvalue weighted by Crippen LogP contribution is 2.29. The number of thiazole rings is 1. The number of benzene rings is 1. The maximum Gasteiger partial charge on any atom is 0.350 e. The minimum absolute atomic E-state index is 0.313. The Hall–Kier alpha value is -1.92. The Labute approximate surface area is 156 Å². The van der Waals surface area contributed by atoms with E-state index in [2.05, 4.69) is 10.3 Å². The molecular formula is C18H21ClN2O3S. The normalized spacial score (nSPS) is 11.2. The molecule has 0 unspecified atom stereocenters. The fraction of sp³-hybridized carbons (Fsp3) is 0.389. The van der Waals surface area contributed by atoms with Crippen LogP contribution in [-0.4, -0.2) is 29.0 Å². The molecule has 134 valence electrons. The predicted molar refractivity (Wildman–Crippen MR) is 100 cm³/mol. The van der Waals surface area contributed by atoms with Crippen molar-refractivity contribution in [1.29, 1.82) is 0 Å². The first-order valence-electron chi connectivity index (χ1n) is 7.93. The molecule has 1 N–H and O–H groups in total. The van der Waals surface area contributed by atoms with E-state index in [1.165, 1.54) is 11.3 Å². The minimum Gasteiger partial charge on any atom is -0.451 e. The first-order valence-corrected chi connectivity index (χ1v) is 9.13. The highest BCUT2D eigenvalue weighted by Gasteiger charge is 2.21. The van der Waals surface area contributed by atoms with E-state index in [-0.39, 0.29) is 18.1 Å². The van der Waals surface area contributed by atoms with E-state index in [0.29, 0.717) is 20.6 Å². The van der Waals surface area contributed by atoms with Crippen LogP contribution >= 0.6 is 22.9 Å². The summed E-state index contributed by atoms with van der Waals surface area (Å²) in [5.41, 5.74) is 1.07. The number of carbonyl (C=O) groups is 2. The van der Waals surface area contributed by atoms with Crippen LogP contribution in [0.5, 0.6) is 0 Å². The van der Waals surface area contributed by atoms with Gasteiger partial charge in [-0.2, -0.15) is 0 Å². The van der Waals surface area contributed by atoms with Crippen molar-refractivity contribution in [3.05, 3.63) is 39.9 Å². The largest absolute Gasteiger partial charge is 0.451 e. The van der Waals surface area contributed by atoms with Crippen LogP contribution in [0.3, 0.4) is 0 Å². The van der Waals surface area contributed by atoms with Gasteiger partial charge >= 0.3 is 5.97 Å². The zero-order valence-electron chi connectivity index (χ0n) is 14.7. The fourth-order valence-corrected chi connectivity index (χ4v) is 3.18. The van der Waals surface area contributed by atoms with Gasteiger partial charge in [-0.25, -0.2) is 9.78 Å². The van der Waals surface area contributed by atoms with Gasteiger partial charge in [0.1, 0.15) is 9.88 Å². The van der Waals surface area contributed by atoms with Gasteiger partial charge < -0.3 is 10.1 Å². The minimum atomic E-state index is -0.548. The van der Waals surface area contributed by atoms with Gasteiger partial charge in [-0.05, 0) is 39.3 Å². The molecule has 5 nitrogen and oxygen atoms in total. The summed E-state index contributed by atoms with van der Waals surface area (Å²) >= 11 is 7.22. The van der Waals surface area contributed by atoms with Gasteiger partial charge in [-0.15, -0.1) is 11.3 Å². The molecule has 0 fully saturated rings. The summed E-state index contributed by atoms with van der Waals surface area (Å²) in [4.78, 5) is 28.9. The third kappa shape index (κ3) is 5.28. The number of nitrogens with one attached hydrogen (secondary N) is 1. The van der Waals surface area contributed by atoms with Crippen LogP contribution in [0, 0.1) is 6.92 Å². The topological polar surface area (TPSA) is 68.3 Å². The number of aryl methyl sites for hydroxylation is 1. The SMILES string of the molecule is CCC(C)(C)NC(=O)COC(=O)c1sc(-c2cccc(Cl)c2)nc1C. The molecule has 0 spiro atoms. The average Bonchev–Trinajstić information content (AvgIpc) is 2.94. The summed E-state index contributed by atoms with van der Waals surface area (Å²) in [5, 5.41) is 4.11. The fourth-order valence-electron chi connectivity index (χ4n) is 2.03. The Morgan fingerprint density at radius 2 is 2.08 bits per heavy atom. The second-order valence-electron chi connectivity index (χ2n) is 6.31. The van der Waals surface area contributed by atoms with Crippen LogP contribution in [0.2, 0.25) is 5.02 Å². The number of nitrogens with zero attached hydrogens (tertiary/aromatic N) is 1. The van der Waals surface area contributed by atoms with E-state index in [1.807, 2.05) is 32.9 Å². The molecule has 2 aromatic rings. The van der Waals surface area contributed by atoms with Crippen LogP contribution in [0.1, 0.15) is 42.6 Å². The Morgan fingerprint density at radius 1 is 1.36 bits per heavy atom. The predicted octanol–water partition coefficient (Wildman–Crippen LogP) is 4.23. The smallest absolute Gasteiger partial charge is 0.350 e. The van der Waals surface area contributed by atoms with E-state index in [9.17, 15) is 9.59 Å². The van der Waals surface area contributed by atoms with Crippen LogP contribution in [0.4, 0.5) is 0 Å². The summed E-state index contributed by atoms with van der Waals surface area (Å²) in [6.07, 6.45) is 0.781. The van der Waals surface area contributed by atoms with Crippen molar-refractivity contribution < 1.29 is 14.3 Å². The summed E-state index contributed by atoms with van der Waals surface area (Å²) < 4.78 is 5.13. The van der Waals surface area contributed by atoms with Crippen molar-refractivity contribution in [2.75, 3.05) is 6.61 Å². The lowest BCUT2D eigenvalue weighted by atomic mass is 10.0. The van der Waals surface area contributed by atoms with E-state index in [4.69, 9.17) is 16.3 Å². The number of hydrogen-bond donors (Lipinski definition) is 1. The van der Waals surface area contributed by atoms with Crippen molar-refractivity contribution in [2.24, 2.45) is 0 Å². The van der Waals surface area contributed by atoms with Crippen molar-refractivity contribution in [1.82, 2.24) is 10.3 Å². The van der Waals surface area contributed by atoms with Crippen molar-refractivity contribution in [2.45, 2.75) is 39.7 Å². The average molecular weight is 381 g/mol. The number of carbonyl (C=O) groups excluding carboxylic acids is 2. The number of esters is 1.